The number of benzene rings is 2. The van der Waals surface area contributed by atoms with Gasteiger partial charge in [0, 0.05) is 42.5 Å². The summed E-state index contributed by atoms with van der Waals surface area (Å²) < 4.78 is 43.6. The summed E-state index contributed by atoms with van der Waals surface area (Å²) in [7, 11) is 1.89. The molecule has 5 nitrogen and oxygen atoms in total. The van der Waals surface area contributed by atoms with Crippen molar-refractivity contribution >= 4 is 16.8 Å². The van der Waals surface area contributed by atoms with Gasteiger partial charge in [0.1, 0.15) is 0 Å². The van der Waals surface area contributed by atoms with Crippen LogP contribution in [0.15, 0.2) is 67.0 Å². The molecule has 0 aliphatic heterocycles. The molecule has 4 aromatic rings. The van der Waals surface area contributed by atoms with Crippen LogP contribution in [0.25, 0.3) is 16.6 Å². The van der Waals surface area contributed by atoms with Gasteiger partial charge in [0.25, 0.3) is 0 Å². The minimum absolute atomic E-state index is 0.0881. The Morgan fingerprint density at radius 1 is 1.06 bits per heavy atom. The minimum atomic E-state index is -4.62. The van der Waals surface area contributed by atoms with Crippen LogP contribution in [-0.4, -0.2) is 20.3 Å². The van der Waals surface area contributed by atoms with Crippen molar-refractivity contribution in [2.45, 2.75) is 25.6 Å². The number of carbonyl (C=O) groups excluding carboxylic acids is 1. The van der Waals surface area contributed by atoms with Crippen molar-refractivity contribution in [3.8, 4) is 5.69 Å². The number of para-hydroxylation sites is 2. The second-order valence-electron chi connectivity index (χ2n) is 7.43. The lowest BCUT2D eigenvalue weighted by molar-refractivity contribution is -0.142. The Labute approximate surface area is 177 Å². The average molecular weight is 426 g/mol. The quantitative estimate of drug-likeness (QED) is 0.498. The lowest BCUT2D eigenvalue weighted by Gasteiger charge is -2.12. The molecule has 1 atom stereocenters. The summed E-state index contributed by atoms with van der Waals surface area (Å²) in [5.41, 5.74) is 1.23. The maximum absolute atomic E-state index is 13.5. The Hall–Kier alpha value is -3.55. The van der Waals surface area contributed by atoms with Gasteiger partial charge in [0.15, 0.2) is 5.69 Å². The highest BCUT2D eigenvalue weighted by molar-refractivity contribution is 5.92. The van der Waals surface area contributed by atoms with E-state index in [0.717, 1.165) is 16.5 Å². The van der Waals surface area contributed by atoms with E-state index < -0.39 is 17.8 Å². The van der Waals surface area contributed by atoms with E-state index in [2.05, 4.69) is 10.4 Å². The number of nitrogens with zero attached hydrogens (tertiary/aromatic N) is 3. The van der Waals surface area contributed by atoms with E-state index >= 15 is 0 Å². The predicted molar refractivity (Wildman–Crippen MR) is 112 cm³/mol. The Morgan fingerprint density at radius 2 is 1.74 bits per heavy atom. The highest BCUT2D eigenvalue weighted by Gasteiger charge is 2.37. The number of rotatable bonds is 5. The zero-order valence-electron chi connectivity index (χ0n) is 17.0. The number of nitrogens with one attached hydrogen (secondary N) is 1. The van der Waals surface area contributed by atoms with Crippen molar-refractivity contribution in [1.29, 1.82) is 0 Å². The SMILES string of the molecule is CC(C(=O)NCc1cn(-c2ccccc2)nc1C(F)(F)F)c1cn(C)c2ccccc12. The number of hydrogen-bond donors (Lipinski definition) is 1. The van der Waals surface area contributed by atoms with Gasteiger partial charge in [-0.15, -0.1) is 0 Å². The van der Waals surface area contributed by atoms with Crippen LogP contribution in [0.2, 0.25) is 0 Å². The van der Waals surface area contributed by atoms with Crippen molar-refractivity contribution in [2.75, 3.05) is 0 Å². The third kappa shape index (κ3) is 4.05. The summed E-state index contributed by atoms with van der Waals surface area (Å²) >= 11 is 0. The zero-order valence-corrected chi connectivity index (χ0v) is 17.0. The fraction of sp³-hybridized carbons (Fsp3) is 0.217. The summed E-state index contributed by atoms with van der Waals surface area (Å²) in [4.78, 5) is 12.8. The molecule has 8 heteroatoms. The minimum Gasteiger partial charge on any atom is -0.351 e. The van der Waals surface area contributed by atoms with Crippen LogP contribution >= 0.6 is 0 Å². The number of aromatic nitrogens is 3. The summed E-state index contributed by atoms with van der Waals surface area (Å²) in [6, 6.07) is 16.2. The van der Waals surface area contributed by atoms with Gasteiger partial charge in [-0.1, -0.05) is 36.4 Å². The fourth-order valence-corrected chi connectivity index (χ4v) is 3.69. The number of carbonyl (C=O) groups is 1. The Kier molecular flexibility index (Phi) is 5.31. The lowest BCUT2D eigenvalue weighted by atomic mass is 9.99. The molecule has 0 saturated carbocycles. The molecule has 0 aliphatic rings. The molecule has 1 unspecified atom stereocenters. The van der Waals surface area contributed by atoms with Gasteiger partial charge in [-0.25, -0.2) is 4.68 Å². The number of halogens is 3. The smallest absolute Gasteiger partial charge is 0.351 e. The third-order valence-corrected chi connectivity index (χ3v) is 5.32. The number of amides is 1. The summed E-state index contributed by atoms with van der Waals surface area (Å²) in [6.45, 7) is 1.48. The molecule has 160 valence electrons. The molecule has 0 saturated heterocycles. The largest absolute Gasteiger partial charge is 0.435 e. The van der Waals surface area contributed by atoms with Crippen molar-refractivity contribution in [2.24, 2.45) is 7.05 Å². The summed E-state index contributed by atoms with van der Waals surface area (Å²) in [5.74, 6) is -0.874. The van der Waals surface area contributed by atoms with E-state index in [0.29, 0.717) is 5.69 Å². The van der Waals surface area contributed by atoms with Crippen molar-refractivity contribution in [3.63, 3.8) is 0 Å². The van der Waals surface area contributed by atoms with Crippen LogP contribution in [0.5, 0.6) is 0 Å². The lowest BCUT2D eigenvalue weighted by Crippen LogP contribution is -2.28. The first-order valence-corrected chi connectivity index (χ1v) is 9.78. The van der Waals surface area contributed by atoms with Gasteiger partial charge in [-0.2, -0.15) is 18.3 Å². The topological polar surface area (TPSA) is 51.9 Å². The van der Waals surface area contributed by atoms with Gasteiger partial charge >= 0.3 is 6.18 Å². The zero-order chi connectivity index (χ0) is 22.2. The van der Waals surface area contributed by atoms with E-state index in [1.807, 2.05) is 42.1 Å². The number of aryl methyl sites for hydroxylation is 1. The van der Waals surface area contributed by atoms with Crippen molar-refractivity contribution < 1.29 is 18.0 Å². The van der Waals surface area contributed by atoms with Crippen molar-refractivity contribution in [1.82, 2.24) is 19.7 Å². The average Bonchev–Trinajstić information content (AvgIpc) is 3.34. The molecule has 0 radical (unpaired) electrons. The molecular weight excluding hydrogens is 405 g/mol. The van der Waals surface area contributed by atoms with Gasteiger partial charge in [0.05, 0.1) is 11.6 Å². The summed E-state index contributed by atoms with van der Waals surface area (Å²) in [5, 5.41) is 7.31. The number of hydrogen-bond acceptors (Lipinski definition) is 2. The molecule has 2 aromatic carbocycles. The molecule has 4 rings (SSSR count). The van der Waals surface area contributed by atoms with Crippen LogP contribution in [0.1, 0.15) is 29.7 Å². The molecule has 1 amide bonds. The Balaban J connectivity index is 1.57. The van der Waals surface area contributed by atoms with Crippen LogP contribution in [-0.2, 0) is 24.6 Å². The Morgan fingerprint density at radius 3 is 2.45 bits per heavy atom. The Bertz CT molecular complexity index is 1220. The predicted octanol–water partition coefficient (Wildman–Crippen LogP) is 4.80. The molecule has 2 heterocycles. The van der Waals surface area contributed by atoms with E-state index in [1.54, 1.807) is 37.3 Å². The van der Waals surface area contributed by atoms with Gasteiger partial charge < -0.3 is 9.88 Å². The van der Waals surface area contributed by atoms with Crippen LogP contribution in [0.3, 0.4) is 0 Å². The standard InChI is InChI=1S/C23H21F3N4O/c1-15(19-14-29(2)20-11-7-6-10-18(19)20)22(31)27-12-16-13-30(17-8-4-3-5-9-17)28-21(16)23(24,25)26/h3-11,13-15H,12H2,1-2H3,(H,27,31). The van der Waals surface area contributed by atoms with E-state index in [9.17, 15) is 18.0 Å². The normalized spacial score (nSPS) is 12.8. The molecule has 0 spiro atoms. The first kappa shape index (κ1) is 20.7. The highest BCUT2D eigenvalue weighted by atomic mass is 19.4. The van der Waals surface area contributed by atoms with Gasteiger partial charge in [0.2, 0.25) is 5.91 Å². The van der Waals surface area contributed by atoms with Gasteiger partial charge in [-0.3, -0.25) is 4.79 Å². The molecule has 0 aliphatic carbocycles. The third-order valence-electron chi connectivity index (χ3n) is 5.32. The van der Waals surface area contributed by atoms with Crippen LogP contribution < -0.4 is 5.32 Å². The highest BCUT2D eigenvalue weighted by Crippen LogP contribution is 2.32. The van der Waals surface area contributed by atoms with E-state index in [4.69, 9.17) is 0 Å². The van der Waals surface area contributed by atoms with Crippen LogP contribution in [0, 0.1) is 0 Å². The van der Waals surface area contributed by atoms with Crippen molar-refractivity contribution in [3.05, 3.63) is 83.8 Å². The maximum Gasteiger partial charge on any atom is 0.435 e. The molecule has 2 aromatic heterocycles. The molecular formula is C23H21F3N4O. The second kappa shape index (κ2) is 7.94. The second-order valence-corrected chi connectivity index (χ2v) is 7.43. The maximum atomic E-state index is 13.5. The van der Waals surface area contributed by atoms with Crippen LogP contribution in [0.4, 0.5) is 13.2 Å². The fourth-order valence-electron chi connectivity index (χ4n) is 3.69. The monoisotopic (exact) mass is 426 g/mol. The molecule has 1 N–H and O–H groups in total. The molecule has 0 bridgehead atoms. The molecule has 31 heavy (non-hydrogen) atoms. The number of fused-ring (bicyclic) bond motifs is 1. The number of alkyl halides is 3. The first-order chi connectivity index (χ1) is 14.8. The molecule has 0 fully saturated rings. The first-order valence-electron chi connectivity index (χ1n) is 9.78. The van der Waals surface area contributed by atoms with Gasteiger partial charge in [-0.05, 0) is 30.7 Å². The summed E-state index contributed by atoms with van der Waals surface area (Å²) in [6.07, 6.45) is -1.44. The van der Waals surface area contributed by atoms with E-state index in [-0.39, 0.29) is 18.0 Å². The van der Waals surface area contributed by atoms with E-state index in [1.165, 1.54) is 10.9 Å².